The summed E-state index contributed by atoms with van der Waals surface area (Å²) in [5, 5.41) is 0. The minimum Gasteiger partial charge on any atom is -0.490 e. The smallest absolute Gasteiger partial charge is 0.308 e. The molecule has 140 valence electrons. The van der Waals surface area contributed by atoms with E-state index in [1.807, 2.05) is 61.5 Å². The van der Waals surface area contributed by atoms with Gasteiger partial charge in [0.25, 0.3) is 0 Å². The highest BCUT2D eigenvalue weighted by Gasteiger charge is 2.28. The van der Waals surface area contributed by atoms with Gasteiger partial charge in [-0.05, 0) is 36.3 Å². The van der Waals surface area contributed by atoms with Gasteiger partial charge in [0.1, 0.15) is 19.0 Å². The molecule has 0 bridgehead atoms. The van der Waals surface area contributed by atoms with Gasteiger partial charge in [0.2, 0.25) is 5.91 Å². The predicted molar refractivity (Wildman–Crippen MR) is 103 cm³/mol. The first-order chi connectivity index (χ1) is 13.0. The van der Waals surface area contributed by atoms with Gasteiger partial charge in [-0.1, -0.05) is 42.0 Å². The third kappa shape index (κ3) is 4.76. The standard InChI is InChI=1S/C22H23NO4/c1-16-7-9-19(10-8-16)26-13-14-27-22(25)15-21-20-6-4-3-5-18(20)11-12-23(21)17(2)24/h3-12,21H,13-15H2,1-2H3/t21-/m0/s1. The Bertz CT molecular complexity index is 842. The fourth-order valence-electron chi connectivity index (χ4n) is 3.08. The van der Waals surface area contributed by atoms with Crippen LogP contribution in [0.1, 0.15) is 36.1 Å². The molecule has 3 rings (SSSR count). The van der Waals surface area contributed by atoms with Crippen molar-refractivity contribution in [3.63, 3.8) is 0 Å². The molecule has 1 aliphatic rings. The van der Waals surface area contributed by atoms with Gasteiger partial charge in [0, 0.05) is 13.1 Å². The normalized spacial score (nSPS) is 15.2. The van der Waals surface area contributed by atoms with Crippen LogP contribution in [0.4, 0.5) is 0 Å². The largest absolute Gasteiger partial charge is 0.490 e. The van der Waals surface area contributed by atoms with Crippen LogP contribution in [0.2, 0.25) is 0 Å². The summed E-state index contributed by atoms with van der Waals surface area (Å²) in [7, 11) is 0. The summed E-state index contributed by atoms with van der Waals surface area (Å²) in [5.41, 5.74) is 3.11. The number of nitrogens with zero attached hydrogens (tertiary/aromatic N) is 1. The number of hydrogen-bond donors (Lipinski definition) is 0. The molecule has 0 aromatic heterocycles. The summed E-state index contributed by atoms with van der Waals surface area (Å²) in [6, 6.07) is 15.1. The van der Waals surface area contributed by atoms with Gasteiger partial charge in [-0.3, -0.25) is 9.59 Å². The molecule has 0 unspecified atom stereocenters. The molecule has 27 heavy (non-hydrogen) atoms. The van der Waals surface area contributed by atoms with Gasteiger partial charge < -0.3 is 14.4 Å². The molecule has 0 saturated heterocycles. The highest BCUT2D eigenvalue weighted by atomic mass is 16.6. The predicted octanol–water partition coefficient (Wildman–Crippen LogP) is 3.88. The molecule has 0 fully saturated rings. The van der Waals surface area contributed by atoms with Crippen molar-refractivity contribution in [2.45, 2.75) is 26.3 Å². The topological polar surface area (TPSA) is 55.8 Å². The Balaban J connectivity index is 1.55. The van der Waals surface area contributed by atoms with E-state index in [0.29, 0.717) is 0 Å². The van der Waals surface area contributed by atoms with Crippen molar-refractivity contribution in [2.24, 2.45) is 0 Å². The van der Waals surface area contributed by atoms with Gasteiger partial charge in [-0.2, -0.15) is 0 Å². The maximum atomic E-state index is 12.3. The van der Waals surface area contributed by atoms with Gasteiger partial charge >= 0.3 is 5.97 Å². The van der Waals surface area contributed by atoms with E-state index in [-0.39, 0.29) is 37.6 Å². The minimum absolute atomic E-state index is 0.103. The van der Waals surface area contributed by atoms with Crippen molar-refractivity contribution in [2.75, 3.05) is 13.2 Å². The molecule has 1 amide bonds. The Kier molecular flexibility index (Phi) is 5.91. The minimum atomic E-state index is -0.358. The lowest BCUT2D eigenvalue weighted by atomic mass is 9.94. The van der Waals surface area contributed by atoms with Crippen LogP contribution in [0.3, 0.4) is 0 Å². The summed E-state index contributed by atoms with van der Waals surface area (Å²) in [6.45, 7) is 3.95. The second-order valence-electron chi connectivity index (χ2n) is 6.47. The first kappa shape index (κ1) is 18.7. The SMILES string of the molecule is CC(=O)N1C=Cc2ccccc2[C@@H]1CC(=O)OCCOc1ccc(C)cc1. The van der Waals surface area contributed by atoms with E-state index in [2.05, 4.69) is 0 Å². The van der Waals surface area contributed by atoms with Crippen molar-refractivity contribution >= 4 is 18.0 Å². The van der Waals surface area contributed by atoms with Crippen molar-refractivity contribution < 1.29 is 19.1 Å². The Morgan fingerprint density at radius 3 is 2.52 bits per heavy atom. The van der Waals surface area contributed by atoms with E-state index < -0.39 is 0 Å². The van der Waals surface area contributed by atoms with Crippen molar-refractivity contribution in [3.8, 4) is 5.75 Å². The molecule has 2 aromatic carbocycles. The number of esters is 1. The number of benzene rings is 2. The molecule has 1 heterocycles. The Hall–Kier alpha value is -3.08. The number of aryl methyl sites for hydroxylation is 1. The molecule has 0 aliphatic carbocycles. The summed E-state index contributed by atoms with van der Waals surface area (Å²) >= 11 is 0. The highest BCUT2D eigenvalue weighted by Crippen LogP contribution is 2.33. The van der Waals surface area contributed by atoms with Crippen molar-refractivity contribution in [1.29, 1.82) is 0 Å². The second-order valence-corrected chi connectivity index (χ2v) is 6.47. The molecule has 5 nitrogen and oxygen atoms in total. The number of fused-ring (bicyclic) bond motifs is 1. The molecule has 1 atom stereocenters. The van der Waals surface area contributed by atoms with Crippen LogP contribution in [0.5, 0.6) is 5.75 Å². The zero-order chi connectivity index (χ0) is 19.2. The zero-order valence-corrected chi connectivity index (χ0v) is 15.6. The van der Waals surface area contributed by atoms with Crippen LogP contribution in [-0.2, 0) is 14.3 Å². The van der Waals surface area contributed by atoms with Crippen LogP contribution < -0.4 is 4.74 Å². The molecule has 1 aliphatic heterocycles. The van der Waals surface area contributed by atoms with Crippen LogP contribution in [0, 0.1) is 6.92 Å². The number of rotatable bonds is 6. The molecular formula is C22H23NO4. The quantitative estimate of drug-likeness (QED) is 0.576. The molecule has 2 aromatic rings. The van der Waals surface area contributed by atoms with E-state index >= 15 is 0 Å². The Labute approximate surface area is 159 Å². The summed E-state index contributed by atoms with van der Waals surface area (Å²) in [6.07, 6.45) is 3.71. The second kappa shape index (κ2) is 8.54. The molecule has 5 heteroatoms. The maximum absolute atomic E-state index is 12.3. The fourth-order valence-corrected chi connectivity index (χ4v) is 3.08. The third-order valence-electron chi connectivity index (χ3n) is 4.47. The van der Waals surface area contributed by atoms with Gasteiger partial charge in [-0.25, -0.2) is 0 Å². The third-order valence-corrected chi connectivity index (χ3v) is 4.47. The van der Waals surface area contributed by atoms with Gasteiger partial charge in [0.15, 0.2) is 0 Å². The van der Waals surface area contributed by atoms with Crippen molar-refractivity contribution in [3.05, 3.63) is 71.4 Å². The van der Waals surface area contributed by atoms with E-state index in [0.717, 1.165) is 22.4 Å². The summed E-state index contributed by atoms with van der Waals surface area (Å²) in [4.78, 5) is 25.8. The zero-order valence-electron chi connectivity index (χ0n) is 15.6. The van der Waals surface area contributed by atoms with Crippen LogP contribution in [-0.4, -0.2) is 30.0 Å². The molecule has 0 spiro atoms. The first-order valence-corrected chi connectivity index (χ1v) is 8.96. The highest BCUT2D eigenvalue weighted by molar-refractivity contribution is 5.80. The number of amides is 1. The van der Waals surface area contributed by atoms with Gasteiger partial charge in [-0.15, -0.1) is 0 Å². The van der Waals surface area contributed by atoms with E-state index in [1.165, 1.54) is 6.92 Å². The molecule has 0 radical (unpaired) electrons. The Morgan fingerprint density at radius 2 is 1.78 bits per heavy atom. The van der Waals surface area contributed by atoms with E-state index in [1.54, 1.807) is 11.1 Å². The average Bonchev–Trinajstić information content (AvgIpc) is 2.66. The van der Waals surface area contributed by atoms with Crippen LogP contribution in [0.15, 0.2) is 54.7 Å². The number of carbonyl (C=O) groups is 2. The van der Waals surface area contributed by atoms with Crippen LogP contribution >= 0.6 is 0 Å². The van der Waals surface area contributed by atoms with Gasteiger partial charge in [0.05, 0.1) is 12.5 Å². The molecular weight excluding hydrogens is 342 g/mol. The lowest BCUT2D eigenvalue weighted by Gasteiger charge is -2.32. The van der Waals surface area contributed by atoms with E-state index in [9.17, 15) is 9.59 Å². The Morgan fingerprint density at radius 1 is 1.04 bits per heavy atom. The lowest BCUT2D eigenvalue weighted by molar-refractivity contribution is -0.146. The fraction of sp³-hybridized carbons (Fsp3) is 0.273. The number of carbonyl (C=O) groups excluding carboxylic acids is 2. The van der Waals surface area contributed by atoms with E-state index in [4.69, 9.17) is 9.47 Å². The number of hydrogen-bond acceptors (Lipinski definition) is 4. The monoisotopic (exact) mass is 365 g/mol. The molecule has 0 saturated carbocycles. The molecule has 0 N–H and O–H groups in total. The lowest BCUT2D eigenvalue weighted by Crippen LogP contribution is -2.32. The number of ether oxygens (including phenoxy) is 2. The average molecular weight is 365 g/mol. The van der Waals surface area contributed by atoms with Crippen LogP contribution in [0.25, 0.3) is 6.08 Å². The summed E-state index contributed by atoms with van der Waals surface area (Å²) in [5.74, 6) is 0.274. The first-order valence-electron chi connectivity index (χ1n) is 8.96. The summed E-state index contributed by atoms with van der Waals surface area (Å²) < 4.78 is 10.9. The maximum Gasteiger partial charge on any atom is 0.308 e. The van der Waals surface area contributed by atoms with Crippen molar-refractivity contribution in [1.82, 2.24) is 4.90 Å².